The molecule has 0 heterocycles. The lowest BCUT2D eigenvalue weighted by Gasteiger charge is -2.32. The normalized spacial score (nSPS) is 25.1. The predicted molar refractivity (Wildman–Crippen MR) is 85.1 cm³/mol. The molecule has 10 heteroatoms. The van der Waals surface area contributed by atoms with E-state index in [0.29, 0.717) is 0 Å². The molecule has 0 radical (unpaired) electrons. The van der Waals surface area contributed by atoms with Crippen LogP contribution in [0.1, 0.15) is 48.0 Å². The van der Waals surface area contributed by atoms with E-state index in [1.165, 1.54) is 41.5 Å². The molecular formula is C16H24FNO8. The van der Waals surface area contributed by atoms with Crippen molar-refractivity contribution in [1.29, 1.82) is 0 Å². The molecule has 0 aromatic carbocycles. The Kier molecular flexibility index (Phi) is 5.33. The van der Waals surface area contributed by atoms with Crippen molar-refractivity contribution in [2.24, 2.45) is 0 Å². The first-order chi connectivity index (χ1) is 11.5. The predicted octanol–water partition coefficient (Wildman–Crippen LogP) is 2.27. The van der Waals surface area contributed by atoms with Gasteiger partial charge in [0.25, 0.3) is 0 Å². The average Bonchev–Trinajstić information content (AvgIpc) is 3.02. The average molecular weight is 377 g/mol. The summed E-state index contributed by atoms with van der Waals surface area (Å²) in [5.74, 6) is -3.42. The molecule has 0 aromatic heterocycles. The molecule has 1 N–H and O–H groups in total. The number of methoxy groups -OCH3 is 1. The van der Waals surface area contributed by atoms with Gasteiger partial charge in [0, 0.05) is 6.42 Å². The number of nitrogens with zero attached hydrogens (tertiary/aromatic N) is 1. The second-order valence-electron chi connectivity index (χ2n) is 7.93. The Bertz CT molecular complexity index is 607. The van der Waals surface area contributed by atoms with Crippen LogP contribution in [-0.2, 0) is 23.8 Å². The number of imide groups is 1. The van der Waals surface area contributed by atoms with Crippen molar-refractivity contribution >= 4 is 24.1 Å². The fourth-order valence-corrected chi connectivity index (χ4v) is 2.31. The summed E-state index contributed by atoms with van der Waals surface area (Å²) in [4.78, 5) is 48.7. The first-order valence-electron chi connectivity index (χ1n) is 7.79. The van der Waals surface area contributed by atoms with Crippen LogP contribution in [0.4, 0.5) is 14.0 Å². The Labute approximate surface area is 150 Å². The molecule has 1 rings (SSSR count). The molecule has 0 aliphatic heterocycles. The highest BCUT2D eigenvalue weighted by Crippen LogP contribution is 2.57. The molecule has 2 atom stereocenters. The SMILES string of the molecule is COC(=O)C1(N(C(=O)OC(C)(C)C)C(=O)OC(C)(C)C)C[C@@]1(F)C(=O)O. The molecule has 1 aliphatic carbocycles. The Hall–Kier alpha value is -2.39. The number of halogens is 1. The van der Waals surface area contributed by atoms with E-state index in [0.717, 1.165) is 7.11 Å². The summed E-state index contributed by atoms with van der Waals surface area (Å²) in [5, 5.41) is 9.16. The smallest absolute Gasteiger partial charge is 0.421 e. The lowest BCUT2D eigenvalue weighted by Crippen LogP contribution is -2.58. The molecule has 9 nitrogen and oxygen atoms in total. The second-order valence-corrected chi connectivity index (χ2v) is 7.93. The van der Waals surface area contributed by atoms with E-state index in [-0.39, 0.29) is 4.90 Å². The van der Waals surface area contributed by atoms with Crippen LogP contribution in [0.15, 0.2) is 0 Å². The first-order valence-corrected chi connectivity index (χ1v) is 7.79. The molecule has 148 valence electrons. The maximum absolute atomic E-state index is 14.9. The van der Waals surface area contributed by atoms with Gasteiger partial charge in [0.1, 0.15) is 11.2 Å². The summed E-state index contributed by atoms with van der Waals surface area (Å²) in [6.07, 6.45) is -3.81. The van der Waals surface area contributed by atoms with Crippen molar-refractivity contribution in [3.8, 4) is 0 Å². The first kappa shape index (κ1) is 21.7. The lowest BCUT2D eigenvalue weighted by atomic mass is 10.1. The summed E-state index contributed by atoms with van der Waals surface area (Å²) in [6, 6.07) is 0. The van der Waals surface area contributed by atoms with Crippen LogP contribution in [0, 0.1) is 0 Å². The van der Waals surface area contributed by atoms with E-state index in [2.05, 4.69) is 4.74 Å². The zero-order valence-electron chi connectivity index (χ0n) is 15.8. The molecule has 0 spiro atoms. The second kappa shape index (κ2) is 6.40. The van der Waals surface area contributed by atoms with Crippen molar-refractivity contribution in [1.82, 2.24) is 4.90 Å². The number of carboxylic acids is 1. The lowest BCUT2D eigenvalue weighted by molar-refractivity contribution is -0.157. The van der Waals surface area contributed by atoms with Gasteiger partial charge in [0.2, 0.25) is 11.2 Å². The number of carboxylic acid groups (broad SMARTS) is 1. The zero-order valence-corrected chi connectivity index (χ0v) is 15.8. The minimum absolute atomic E-state index is 0.0590. The molecule has 2 amide bonds. The summed E-state index contributed by atoms with van der Waals surface area (Å²) in [6.45, 7) is 8.89. The molecule has 0 saturated heterocycles. The molecule has 26 heavy (non-hydrogen) atoms. The van der Waals surface area contributed by atoms with Gasteiger partial charge in [-0.1, -0.05) is 0 Å². The maximum Gasteiger partial charge on any atom is 0.421 e. The molecule has 1 aliphatic rings. The highest BCUT2D eigenvalue weighted by Gasteiger charge is 2.85. The van der Waals surface area contributed by atoms with Crippen LogP contribution in [0.3, 0.4) is 0 Å². The maximum atomic E-state index is 14.9. The van der Waals surface area contributed by atoms with Gasteiger partial charge in [-0.05, 0) is 41.5 Å². The van der Waals surface area contributed by atoms with Crippen LogP contribution >= 0.6 is 0 Å². The van der Waals surface area contributed by atoms with Gasteiger partial charge in [0.15, 0.2) is 0 Å². The monoisotopic (exact) mass is 377 g/mol. The van der Waals surface area contributed by atoms with E-state index < -0.39 is 53.0 Å². The highest BCUT2D eigenvalue weighted by atomic mass is 19.1. The van der Waals surface area contributed by atoms with Gasteiger partial charge in [-0.25, -0.2) is 23.6 Å². The van der Waals surface area contributed by atoms with E-state index in [1.807, 2.05) is 0 Å². The van der Waals surface area contributed by atoms with E-state index in [4.69, 9.17) is 14.6 Å². The number of amides is 2. The van der Waals surface area contributed by atoms with Gasteiger partial charge in [0.05, 0.1) is 7.11 Å². The van der Waals surface area contributed by atoms with Crippen LogP contribution < -0.4 is 0 Å². The van der Waals surface area contributed by atoms with Gasteiger partial charge >= 0.3 is 24.1 Å². The van der Waals surface area contributed by atoms with Gasteiger partial charge < -0.3 is 19.3 Å². The minimum Gasteiger partial charge on any atom is -0.479 e. The largest absolute Gasteiger partial charge is 0.479 e. The third-order valence-electron chi connectivity index (χ3n) is 3.43. The number of ether oxygens (including phenoxy) is 3. The van der Waals surface area contributed by atoms with Crippen LogP contribution in [0.25, 0.3) is 0 Å². The number of hydrogen-bond donors (Lipinski definition) is 1. The molecule has 0 aromatic rings. The molecular weight excluding hydrogens is 353 g/mol. The summed E-state index contributed by atoms with van der Waals surface area (Å²) in [5.41, 5.74) is -8.14. The molecule has 1 unspecified atom stereocenters. The van der Waals surface area contributed by atoms with Crippen LogP contribution in [0.2, 0.25) is 0 Å². The standard InChI is InChI=1S/C16H24FNO8/c1-13(2,3)25-11(22)18(12(23)26-14(4,5)6)16(10(21)24-7)8-15(16,17)9(19)20/h8H2,1-7H3,(H,19,20)/t15-,16?/m1/s1. The quantitative estimate of drug-likeness (QED) is 0.587. The van der Waals surface area contributed by atoms with Gasteiger partial charge in [-0.15, -0.1) is 0 Å². The summed E-state index contributed by atoms with van der Waals surface area (Å²) in [7, 11) is 0.882. The Morgan fingerprint density at radius 1 is 0.962 bits per heavy atom. The van der Waals surface area contributed by atoms with Crippen LogP contribution in [0.5, 0.6) is 0 Å². The minimum atomic E-state index is -3.21. The third-order valence-corrected chi connectivity index (χ3v) is 3.43. The van der Waals surface area contributed by atoms with Crippen LogP contribution in [-0.4, -0.2) is 63.7 Å². The van der Waals surface area contributed by atoms with Crippen molar-refractivity contribution in [2.45, 2.75) is 70.4 Å². The van der Waals surface area contributed by atoms with Crippen molar-refractivity contribution in [3.05, 3.63) is 0 Å². The summed E-state index contributed by atoms with van der Waals surface area (Å²) < 4.78 is 29.4. The number of carbonyl (C=O) groups is 4. The molecule has 1 fully saturated rings. The van der Waals surface area contributed by atoms with E-state index in [9.17, 15) is 23.6 Å². The van der Waals surface area contributed by atoms with E-state index >= 15 is 0 Å². The summed E-state index contributed by atoms with van der Waals surface area (Å²) >= 11 is 0. The Balaban J connectivity index is 3.47. The molecule has 1 saturated carbocycles. The third kappa shape index (κ3) is 3.88. The molecule has 0 bridgehead atoms. The van der Waals surface area contributed by atoms with Crippen molar-refractivity contribution in [3.63, 3.8) is 0 Å². The van der Waals surface area contributed by atoms with Gasteiger partial charge in [-0.3, -0.25) is 0 Å². The van der Waals surface area contributed by atoms with E-state index in [1.54, 1.807) is 0 Å². The highest BCUT2D eigenvalue weighted by molar-refractivity contribution is 6.06. The fourth-order valence-electron chi connectivity index (χ4n) is 2.31. The fraction of sp³-hybridized carbons (Fsp3) is 0.750. The van der Waals surface area contributed by atoms with Crippen molar-refractivity contribution < 1.29 is 42.9 Å². The number of carbonyl (C=O) groups excluding carboxylic acids is 3. The number of rotatable bonds is 3. The zero-order chi connectivity index (χ0) is 20.7. The van der Waals surface area contributed by atoms with Crippen molar-refractivity contribution in [2.75, 3.05) is 7.11 Å². The Morgan fingerprint density at radius 3 is 1.58 bits per heavy atom. The number of esters is 1. The number of aliphatic carboxylic acids is 1. The number of hydrogen-bond acceptors (Lipinski definition) is 7. The topological polar surface area (TPSA) is 119 Å². The Morgan fingerprint density at radius 2 is 1.35 bits per heavy atom. The van der Waals surface area contributed by atoms with Gasteiger partial charge in [-0.2, -0.15) is 4.90 Å². The number of alkyl halides is 1.